The van der Waals surface area contributed by atoms with Gasteiger partial charge in [-0.1, -0.05) is 6.58 Å². The molecule has 0 unspecified atom stereocenters. The van der Waals surface area contributed by atoms with Crippen molar-refractivity contribution in [3.05, 3.63) is 12.7 Å². The molecule has 0 aromatic rings. The highest BCUT2D eigenvalue weighted by atomic mass is 16.5. The Labute approximate surface area is 106 Å². The maximum atomic E-state index is 12.0. The van der Waals surface area contributed by atoms with E-state index in [0.717, 1.165) is 6.42 Å². The van der Waals surface area contributed by atoms with Gasteiger partial charge in [0.2, 0.25) is 11.8 Å². The molecule has 1 N–H and O–H groups in total. The number of hydrogen-bond donors (Lipinski definition) is 1. The van der Waals surface area contributed by atoms with Crippen LogP contribution in [-0.2, 0) is 19.1 Å². The monoisotopic (exact) mass is 254 g/mol. The molecule has 0 aliphatic carbocycles. The van der Waals surface area contributed by atoms with Gasteiger partial charge in [-0.2, -0.15) is 0 Å². The highest BCUT2D eigenvalue weighted by Crippen LogP contribution is 2.17. The van der Waals surface area contributed by atoms with Crippen LogP contribution in [0, 0.1) is 0 Å². The fourth-order valence-electron chi connectivity index (χ4n) is 1.97. The fraction of sp³-hybridized carbons (Fsp3) is 0.583. The number of carbonyl (C=O) groups is 3. The van der Waals surface area contributed by atoms with E-state index in [1.807, 2.05) is 0 Å². The highest BCUT2D eigenvalue weighted by Gasteiger charge is 2.34. The average molecular weight is 254 g/mol. The molecule has 1 aliphatic rings. The van der Waals surface area contributed by atoms with E-state index in [-0.39, 0.29) is 11.8 Å². The predicted octanol–water partition coefficient (Wildman–Crippen LogP) is -0.159. The maximum absolute atomic E-state index is 12.0. The summed E-state index contributed by atoms with van der Waals surface area (Å²) in [5, 5.41) is 2.54. The zero-order chi connectivity index (χ0) is 13.7. The number of hydrogen-bond acceptors (Lipinski definition) is 4. The molecule has 0 spiro atoms. The first-order valence-corrected chi connectivity index (χ1v) is 5.82. The first-order valence-electron chi connectivity index (χ1n) is 5.82. The highest BCUT2D eigenvalue weighted by molar-refractivity contribution is 5.94. The van der Waals surface area contributed by atoms with Crippen molar-refractivity contribution in [1.29, 1.82) is 0 Å². The zero-order valence-electron chi connectivity index (χ0n) is 10.6. The molecule has 1 fully saturated rings. The zero-order valence-corrected chi connectivity index (χ0v) is 10.6. The van der Waals surface area contributed by atoms with Crippen LogP contribution in [0.1, 0.15) is 19.8 Å². The lowest BCUT2D eigenvalue weighted by Crippen LogP contribution is -2.49. The van der Waals surface area contributed by atoms with Crippen LogP contribution in [0.2, 0.25) is 0 Å². The van der Waals surface area contributed by atoms with Gasteiger partial charge in [-0.3, -0.25) is 9.59 Å². The normalized spacial score (nSPS) is 20.1. The number of nitrogens with zero attached hydrogens (tertiary/aromatic N) is 1. The number of ether oxygens (including phenoxy) is 1. The van der Waals surface area contributed by atoms with Crippen LogP contribution in [0.3, 0.4) is 0 Å². The summed E-state index contributed by atoms with van der Waals surface area (Å²) in [6.45, 7) is 5.48. The number of carbonyl (C=O) groups excluding carboxylic acids is 3. The largest absolute Gasteiger partial charge is 0.467 e. The van der Waals surface area contributed by atoms with E-state index in [1.54, 1.807) is 6.92 Å². The third kappa shape index (κ3) is 3.09. The minimum atomic E-state index is -0.719. The molecule has 0 aromatic heterocycles. The smallest absolute Gasteiger partial charge is 0.328 e. The molecule has 0 bridgehead atoms. The van der Waals surface area contributed by atoms with Gasteiger partial charge in [0.15, 0.2) is 0 Å². The van der Waals surface area contributed by atoms with Crippen LogP contribution in [-0.4, -0.2) is 48.4 Å². The topological polar surface area (TPSA) is 75.7 Å². The van der Waals surface area contributed by atoms with E-state index in [4.69, 9.17) is 0 Å². The fourth-order valence-corrected chi connectivity index (χ4v) is 1.97. The average Bonchev–Trinajstić information content (AvgIpc) is 2.85. The van der Waals surface area contributed by atoms with Crippen LogP contribution in [0.15, 0.2) is 12.7 Å². The van der Waals surface area contributed by atoms with Crippen molar-refractivity contribution in [3.8, 4) is 0 Å². The second-order valence-electron chi connectivity index (χ2n) is 4.15. The van der Waals surface area contributed by atoms with Gasteiger partial charge in [0, 0.05) is 6.54 Å². The second kappa shape index (κ2) is 6.18. The summed E-state index contributed by atoms with van der Waals surface area (Å²) >= 11 is 0. The summed E-state index contributed by atoms with van der Waals surface area (Å²) in [5.74, 6) is -1.11. The van der Waals surface area contributed by atoms with Gasteiger partial charge < -0.3 is 15.0 Å². The van der Waals surface area contributed by atoms with Crippen molar-refractivity contribution in [2.24, 2.45) is 0 Å². The molecule has 1 saturated heterocycles. The summed E-state index contributed by atoms with van der Waals surface area (Å²) in [5.41, 5.74) is 0. The lowest BCUT2D eigenvalue weighted by Gasteiger charge is -2.23. The molecule has 0 radical (unpaired) electrons. The van der Waals surface area contributed by atoms with Crippen LogP contribution in [0.25, 0.3) is 0 Å². The summed E-state index contributed by atoms with van der Waals surface area (Å²) in [7, 11) is 1.26. The van der Waals surface area contributed by atoms with Gasteiger partial charge in [-0.05, 0) is 25.8 Å². The molecule has 2 amide bonds. The van der Waals surface area contributed by atoms with Crippen molar-refractivity contribution < 1.29 is 19.1 Å². The Morgan fingerprint density at radius 3 is 2.72 bits per heavy atom. The van der Waals surface area contributed by atoms with Gasteiger partial charge >= 0.3 is 5.97 Å². The van der Waals surface area contributed by atoms with Crippen molar-refractivity contribution in [2.45, 2.75) is 31.8 Å². The Balaban J connectivity index is 2.63. The lowest BCUT2D eigenvalue weighted by atomic mass is 10.2. The Bertz CT molecular complexity index is 367. The van der Waals surface area contributed by atoms with Crippen LogP contribution in [0.4, 0.5) is 0 Å². The first-order chi connectivity index (χ1) is 8.51. The molecule has 1 heterocycles. The quantitative estimate of drug-likeness (QED) is 0.559. The Morgan fingerprint density at radius 1 is 1.50 bits per heavy atom. The van der Waals surface area contributed by atoms with Crippen molar-refractivity contribution in [2.75, 3.05) is 13.7 Å². The van der Waals surface area contributed by atoms with Gasteiger partial charge in [0.1, 0.15) is 12.1 Å². The molecular formula is C12H18N2O4. The summed E-state index contributed by atoms with van der Waals surface area (Å²) < 4.78 is 4.52. The molecule has 6 heteroatoms. The Kier molecular flexibility index (Phi) is 4.88. The molecule has 1 aliphatic heterocycles. The van der Waals surface area contributed by atoms with E-state index in [9.17, 15) is 14.4 Å². The number of likely N-dealkylation sites (tertiary alicyclic amines) is 1. The Morgan fingerprint density at radius 2 is 2.17 bits per heavy atom. The van der Waals surface area contributed by atoms with Gasteiger partial charge in [0.05, 0.1) is 7.11 Å². The number of esters is 1. The minimum absolute atomic E-state index is 0.265. The minimum Gasteiger partial charge on any atom is -0.467 e. The van der Waals surface area contributed by atoms with E-state index in [2.05, 4.69) is 16.6 Å². The van der Waals surface area contributed by atoms with Crippen LogP contribution in [0.5, 0.6) is 0 Å². The van der Waals surface area contributed by atoms with Crippen molar-refractivity contribution >= 4 is 17.8 Å². The van der Waals surface area contributed by atoms with Gasteiger partial charge in [-0.25, -0.2) is 4.79 Å². The van der Waals surface area contributed by atoms with Crippen LogP contribution >= 0.6 is 0 Å². The Hall–Kier alpha value is -1.85. The molecular weight excluding hydrogens is 236 g/mol. The summed E-state index contributed by atoms with van der Waals surface area (Å²) in [4.78, 5) is 36.2. The van der Waals surface area contributed by atoms with Crippen molar-refractivity contribution in [1.82, 2.24) is 10.2 Å². The second-order valence-corrected chi connectivity index (χ2v) is 4.15. The van der Waals surface area contributed by atoms with E-state index in [0.29, 0.717) is 13.0 Å². The number of nitrogens with one attached hydrogen (secondary N) is 1. The van der Waals surface area contributed by atoms with E-state index < -0.39 is 18.1 Å². The molecule has 18 heavy (non-hydrogen) atoms. The predicted molar refractivity (Wildman–Crippen MR) is 64.6 cm³/mol. The van der Waals surface area contributed by atoms with Crippen molar-refractivity contribution in [3.63, 3.8) is 0 Å². The summed E-state index contributed by atoms with van der Waals surface area (Å²) in [6, 6.07) is -1.24. The third-order valence-electron chi connectivity index (χ3n) is 2.93. The van der Waals surface area contributed by atoms with Crippen LogP contribution < -0.4 is 5.32 Å². The van der Waals surface area contributed by atoms with E-state index in [1.165, 1.54) is 18.1 Å². The van der Waals surface area contributed by atoms with Gasteiger partial charge in [-0.15, -0.1) is 0 Å². The van der Waals surface area contributed by atoms with E-state index >= 15 is 0 Å². The number of amides is 2. The number of methoxy groups -OCH3 is 1. The maximum Gasteiger partial charge on any atom is 0.328 e. The molecule has 1 rings (SSSR count). The molecule has 2 atom stereocenters. The SMILES string of the molecule is C=CC(=O)N1CCC[C@H]1C(=O)N[C@@H](C)C(=O)OC. The number of rotatable bonds is 4. The lowest BCUT2D eigenvalue weighted by molar-refractivity contribution is -0.145. The molecule has 0 aromatic carbocycles. The third-order valence-corrected chi connectivity index (χ3v) is 2.93. The molecule has 100 valence electrons. The first kappa shape index (κ1) is 14.2. The summed E-state index contributed by atoms with van der Waals surface area (Å²) in [6.07, 6.45) is 2.55. The molecule has 6 nitrogen and oxygen atoms in total. The standard InChI is InChI=1S/C12H18N2O4/c1-4-10(15)14-7-5-6-9(14)11(16)13-8(2)12(17)18-3/h4,8-9H,1,5-7H2,2-3H3,(H,13,16)/t8-,9-/m0/s1. The molecule has 0 saturated carbocycles. The van der Waals surface area contributed by atoms with Gasteiger partial charge in [0.25, 0.3) is 0 Å².